The van der Waals surface area contributed by atoms with E-state index in [2.05, 4.69) is 4.74 Å². The maximum absolute atomic E-state index is 12.4. The number of hydrogen-bond donors (Lipinski definition) is 0. The van der Waals surface area contributed by atoms with Crippen molar-refractivity contribution in [3.8, 4) is 0 Å². The molecule has 7 nitrogen and oxygen atoms in total. The van der Waals surface area contributed by atoms with E-state index >= 15 is 0 Å². The van der Waals surface area contributed by atoms with Crippen LogP contribution < -0.4 is 0 Å². The Labute approximate surface area is 132 Å². The van der Waals surface area contributed by atoms with E-state index in [-0.39, 0.29) is 42.1 Å². The lowest BCUT2D eigenvalue weighted by Gasteiger charge is -2.39. The molecule has 118 valence electrons. The van der Waals surface area contributed by atoms with Gasteiger partial charge in [0, 0.05) is 25.6 Å². The Balaban J connectivity index is 1.65. The zero-order valence-corrected chi connectivity index (χ0v) is 13.0. The zero-order chi connectivity index (χ0) is 15.9. The number of hydrogen-bond acceptors (Lipinski definition) is 5. The smallest absolute Gasteiger partial charge is 0.417 e. The number of imide groups is 1. The Hall–Kier alpha value is -1.64. The minimum absolute atomic E-state index is 0.0618. The number of carbonyl (C=O) groups excluding carboxylic acids is 2. The van der Waals surface area contributed by atoms with Gasteiger partial charge in [-0.2, -0.15) is 4.31 Å². The SMILES string of the molecule is O=C1COC(=O)N1CC1CN(S(=O)(=O)c2ccccc2Cl)C1. The number of halogens is 1. The fourth-order valence-electron chi connectivity index (χ4n) is 2.44. The highest BCUT2D eigenvalue weighted by Crippen LogP contribution is 2.30. The van der Waals surface area contributed by atoms with Gasteiger partial charge in [-0.15, -0.1) is 0 Å². The largest absolute Gasteiger partial charge is 0.439 e. The van der Waals surface area contributed by atoms with Crippen molar-refractivity contribution in [3.05, 3.63) is 29.3 Å². The van der Waals surface area contributed by atoms with Crippen LogP contribution in [0.3, 0.4) is 0 Å². The molecule has 0 bridgehead atoms. The van der Waals surface area contributed by atoms with Gasteiger partial charge >= 0.3 is 6.09 Å². The fourth-order valence-corrected chi connectivity index (χ4v) is 4.53. The molecule has 0 aromatic heterocycles. The summed E-state index contributed by atoms with van der Waals surface area (Å²) in [6.07, 6.45) is -0.669. The minimum Gasteiger partial charge on any atom is -0.439 e. The van der Waals surface area contributed by atoms with Crippen molar-refractivity contribution in [3.63, 3.8) is 0 Å². The minimum atomic E-state index is -3.64. The highest BCUT2D eigenvalue weighted by atomic mass is 35.5. The number of nitrogens with zero attached hydrogens (tertiary/aromatic N) is 2. The molecule has 0 radical (unpaired) electrons. The number of benzene rings is 1. The molecule has 0 aliphatic carbocycles. The van der Waals surface area contributed by atoms with Crippen LogP contribution in [0.5, 0.6) is 0 Å². The van der Waals surface area contributed by atoms with Crippen LogP contribution in [0.4, 0.5) is 4.79 Å². The van der Waals surface area contributed by atoms with E-state index in [0.717, 1.165) is 4.90 Å². The molecule has 2 fully saturated rings. The quantitative estimate of drug-likeness (QED) is 0.811. The van der Waals surface area contributed by atoms with Crippen molar-refractivity contribution in [2.75, 3.05) is 26.2 Å². The summed E-state index contributed by atoms with van der Waals surface area (Å²) < 4.78 is 30.7. The average molecular weight is 345 g/mol. The van der Waals surface area contributed by atoms with E-state index in [1.165, 1.54) is 16.4 Å². The van der Waals surface area contributed by atoms with Gasteiger partial charge in [0.25, 0.3) is 5.91 Å². The number of cyclic esters (lactones) is 1. The molecule has 1 aromatic carbocycles. The van der Waals surface area contributed by atoms with Crippen LogP contribution >= 0.6 is 11.6 Å². The van der Waals surface area contributed by atoms with E-state index in [1.54, 1.807) is 12.1 Å². The Kier molecular flexibility index (Phi) is 3.84. The van der Waals surface area contributed by atoms with E-state index in [4.69, 9.17) is 11.6 Å². The molecule has 9 heteroatoms. The van der Waals surface area contributed by atoms with Gasteiger partial charge in [-0.25, -0.2) is 18.1 Å². The Bertz CT molecular complexity index is 714. The second-order valence-electron chi connectivity index (χ2n) is 5.18. The van der Waals surface area contributed by atoms with Gasteiger partial charge in [-0.1, -0.05) is 23.7 Å². The normalized spacial score (nSPS) is 20.1. The molecule has 2 heterocycles. The average Bonchev–Trinajstić information content (AvgIpc) is 2.73. The molecule has 1 aromatic rings. The number of carbonyl (C=O) groups is 2. The first kappa shape index (κ1) is 15.3. The van der Waals surface area contributed by atoms with Crippen molar-refractivity contribution >= 4 is 33.6 Å². The number of amides is 2. The molecule has 3 rings (SSSR count). The highest BCUT2D eigenvalue weighted by Gasteiger charge is 2.41. The summed E-state index contributed by atoms with van der Waals surface area (Å²) in [6.45, 7) is 0.411. The van der Waals surface area contributed by atoms with Crippen molar-refractivity contribution in [2.45, 2.75) is 4.90 Å². The Morgan fingerprint density at radius 2 is 1.91 bits per heavy atom. The zero-order valence-electron chi connectivity index (χ0n) is 11.4. The van der Waals surface area contributed by atoms with E-state index in [9.17, 15) is 18.0 Å². The van der Waals surface area contributed by atoms with E-state index in [1.807, 2.05) is 0 Å². The van der Waals surface area contributed by atoms with Crippen molar-refractivity contribution in [1.29, 1.82) is 0 Å². The van der Waals surface area contributed by atoms with Crippen LogP contribution in [0, 0.1) is 5.92 Å². The molecular formula is C13H13ClN2O5S. The first-order valence-corrected chi connectivity index (χ1v) is 8.43. The monoisotopic (exact) mass is 344 g/mol. The van der Waals surface area contributed by atoms with Crippen LogP contribution in [-0.2, 0) is 19.6 Å². The van der Waals surface area contributed by atoms with Gasteiger partial charge in [0.05, 0.1) is 5.02 Å². The van der Waals surface area contributed by atoms with Crippen molar-refractivity contribution < 1.29 is 22.7 Å². The molecule has 0 spiro atoms. The van der Waals surface area contributed by atoms with Crippen molar-refractivity contribution in [1.82, 2.24) is 9.21 Å². The van der Waals surface area contributed by atoms with Crippen LogP contribution in [0.1, 0.15) is 0 Å². The number of ether oxygens (including phenoxy) is 1. The Morgan fingerprint density at radius 3 is 2.50 bits per heavy atom. The second kappa shape index (κ2) is 5.53. The van der Waals surface area contributed by atoms with Crippen molar-refractivity contribution in [2.24, 2.45) is 5.92 Å². The predicted molar refractivity (Wildman–Crippen MR) is 76.8 cm³/mol. The molecule has 0 atom stereocenters. The molecule has 22 heavy (non-hydrogen) atoms. The highest BCUT2D eigenvalue weighted by molar-refractivity contribution is 7.89. The second-order valence-corrected chi connectivity index (χ2v) is 7.49. The van der Waals surface area contributed by atoms with Gasteiger partial charge in [0.2, 0.25) is 10.0 Å². The summed E-state index contributed by atoms with van der Waals surface area (Å²) in [4.78, 5) is 23.9. The van der Waals surface area contributed by atoms with Gasteiger partial charge in [0.15, 0.2) is 6.61 Å². The summed E-state index contributed by atoms with van der Waals surface area (Å²) in [7, 11) is -3.64. The topological polar surface area (TPSA) is 84.0 Å². The molecule has 0 unspecified atom stereocenters. The molecule has 2 amide bonds. The summed E-state index contributed by atoms with van der Waals surface area (Å²) in [5.74, 6) is -0.482. The molecule has 2 saturated heterocycles. The first-order chi connectivity index (χ1) is 10.4. The summed E-state index contributed by atoms with van der Waals surface area (Å²) >= 11 is 5.93. The molecular weight excluding hydrogens is 332 g/mol. The maximum atomic E-state index is 12.4. The fraction of sp³-hybridized carbons (Fsp3) is 0.385. The summed E-state index contributed by atoms with van der Waals surface area (Å²) in [5.41, 5.74) is 0. The van der Waals surface area contributed by atoms with E-state index < -0.39 is 22.0 Å². The molecule has 2 aliphatic rings. The molecule has 2 aliphatic heterocycles. The van der Waals surface area contributed by atoms with Gasteiger partial charge in [0.1, 0.15) is 4.90 Å². The van der Waals surface area contributed by atoms with Gasteiger partial charge < -0.3 is 4.74 Å². The van der Waals surface area contributed by atoms with Gasteiger partial charge in [-0.3, -0.25) is 4.79 Å². The summed E-state index contributed by atoms with van der Waals surface area (Å²) in [5, 5.41) is 0.171. The third kappa shape index (κ3) is 2.57. The third-order valence-corrected chi connectivity index (χ3v) is 5.99. The van der Waals surface area contributed by atoms with Crippen LogP contribution in [0.25, 0.3) is 0 Å². The maximum Gasteiger partial charge on any atom is 0.417 e. The lowest BCUT2D eigenvalue weighted by molar-refractivity contribution is -0.126. The van der Waals surface area contributed by atoms with Crippen LogP contribution in [0.2, 0.25) is 5.02 Å². The lowest BCUT2D eigenvalue weighted by Crippen LogP contribution is -2.54. The van der Waals surface area contributed by atoms with Gasteiger partial charge in [-0.05, 0) is 12.1 Å². The lowest BCUT2D eigenvalue weighted by atomic mass is 10.0. The van der Waals surface area contributed by atoms with Crippen LogP contribution in [0.15, 0.2) is 29.2 Å². The van der Waals surface area contributed by atoms with Crippen LogP contribution in [-0.4, -0.2) is 55.9 Å². The summed E-state index contributed by atoms with van der Waals surface area (Å²) in [6, 6.07) is 6.23. The Morgan fingerprint density at radius 1 is 1.23 bits per heavy atom. The first-order valence-electron chi connectivity index (χ1n) is 6.61. The standard InChI is InChI=1S/C13H13ClN2O5S/c14-10-3-1-2-4-11(10)22(19,20)15-5-9(6-15)7-16-12(17)8-21-13(16)18/h1-4,9H,5-8H2. The molecule has 0 N–H and O–H groups in total. The predicted octanol–water partition coefficient (Wildman–Crippen LogP) is 0.939. The molecule has 0 saturated carbocycles. The number of rotatable bonds is 4. The third-order valence-electron chi connectivity index (χ3n) is 3.66. The number of sulfonamides is 1. The van der Waals surface area contributed by atoms with E-state index in [0.29, 0.717) is 0 Å².